The third-order valence-electron chi connectivity index (χ3n) is 3.53. The summed E-state index contributed by atoms with van der Waals surface area (Å²) in [5, 5.41) is 6.58. The van der Waals surface area contributed by atoms with Gasteiger partial charge in [0.15, 0.2) is 0 Å². The third kappa shape index (κ3) is 2.88. The van der Waals surface area contributed by atoms with Crippen molar-refractivity contribution in [2.45, 2.75) is 57.7 Å². The van der Waals surface area contributed by atoms with Gasteiger partial charge in [0.1, 0.15) is 0 Å². The maximum absolute atomic E-state index is 12.0. The van der Waals surface area contributed by atoms with Gasteiger partial charge in [-0.1, -0.05) is 12.8 Å². The van der Waals surface area contributed by atoms with E-state index in [1.165, 1.54) is 12.8 Å². The number of hydrogen-bond donors (Lipinski definition) is 2. The minimum absolute atomic E-state index is 0.132. The largest absolute Gasteiger partial charge is 0.335 e. The Morgan fingerprint density at radius 3 is 2.31 bits per heavy atom. The van der Waals surface area contributed by atoms with Crippen LogP contribution in [0.5, 0.6) is 0 Å². The van der Waals surface area contributed by atoms with Crippen molar-refractivity contribution in [2.24, 2.45) is 0 Å². The Morgan fingerprint density at radius 2 is 1.75 bits per heavy atom. The SMILES string of the molecule is CC1CN(C(=O)NC2CCCC2)CC(C)N1. The molecule has 4 heteroatoms. The van der Waals surface area contributed by atoms with Gasteiger partial charge in [-0.3, -0.25) is 0 Å². The van der Waals surface area contributed by atoms with Crippen molar-refractivity contribution in [3.8, 4) is 0 Å². The van der Waals surface area contributed by atoms with Crippen molar-refractivity contribution >= 4 is 6.03 Å². The van der Waals surface area contributed by atoms with E-state index in [1.807, 2.05) is 4.90 Å². The van der Waals surface area contributed by atoms with Gasteiger partial charge in [0, 0.05) is 31.2 Å². The van der Waals surface area contributed by atoms with E-state index in [0.29, 0.717) is 18.1 Å². The lowest BCUT2D eigenvalue weighted by Gasteiger charge is -2.36. The third-order valence-corrected chi connectivity index (χ3v) is 3.53. The van der Waals surface area contributed by atoms with Crippen LogP contribution in [0.1, 0.15) is 39.5 Å². The predicted octanol–water partition coefficient (Wildman–Crippen LogP) is 1.32. The highest BCUT2D eigenvalue weighted by Crippen LogP contribution is 2.18. The van der Waals surface area contributed by atoms with Crippen LogP contribution in [-0.4, -0.2) is 42.1 Å². The van der Waals surface area contributed by atoms with Crippen LogP contribution in [0.3, 0.4) is 0 Å². The number of carbonyl (C=O) groups is 1. The zero-order valence-electron chi connectivity index (χ0n) is 10.3. The molecule has 0 aromatic heterocycles. The van der Waals surface area contributed by atoms with Crippen molar-refractivity contribution in [1.29, 1.82) is 0 Å². The molecule has 2 fully saturated rings. The van der Waals surface area contributed by atoms with Crippen molar-refractivity contribution in [1.82, 2.24) is 15.5 Å². The van der Waals surface area contributed by atoms with Crippen molar-refractivity contribution in [3.05, 3.63) is 0 Å². The number of carbonyl (C=O) groups excluding carboxylic acids is 1. The van der Waals surface area contributed by atoms with Gasteiger partial charge in [0.25, 0.3) is 0 Å². The van der Waals surface area contributed by atoms with Gasteiger partial charge in [-0.05, 0) is 26.7 Å². The Bertz CT molecular complexity index is 241. The van der Waals surface area contributed by atoms with E-state index in [0.717, 1.165) is 25.9 Å². The van der Waals surface area contributed by atoms with Gasteiger partial charge in [-0.15, -0.1) is 0 Å². The summed E-state index contributed by atoms with van der Waals surface area (Å²) in [5.74, 6) is 0. The molecule has 1 aliphatic heterocycles. The summed E-state index contributed by atoms with van der Waals surface area (Å²) >= 11 is 0. The molecule has 16 heavy (non-hydrogen) atoms. The molecule has 2 atom stereocenters. The van der Waals surface area contributed by atoms with Gasteiger partial charge in [-0.2, -0.15) is 0 Å². The molecule has 1 aliphatic carbocycles. The fraction of sp³-hybridized carbons (Fsp3) is 0.917. The van der Waals surface area contributed by atoms with Crippen LogP contribution >= 0.6 is 0 Å². The molecule has 2 amide bonds. The topological polar surface area (TPSA) is 44.4 Å². The molecule has 1 saturated carbocycles. The zero-order valence-corrected chi connectivity index (χ0v) is 10.3. The van der Waals surface area contributed by atoms with Gasteiger partial charge in [-0.25, -0.2) is 4.79 Å². The number of rotatable bonds is 1. The quantitative estimate of drug-likeness (QED) is 0.707. The molecule has 0 aromatic carbocycles. The van der Waals surface area contributed by atoms with E-state index in [9.17, 15) is 4.79 Å². The summed E-state index contributed by atoms with van der Waals surface area (Å²) in [6, 6.07) is 1.36. The second-order valence-corrected chi connectivity index (χ2v) is 5.30. The molecule has 0 radical (unpaired) electrons. The van der Waals surface area contributed by atoms with E-state index in [4.69, 9.17) is 0 Å². The summed E-state index contributed by atoms with van der Waals surface area (Å²) in [6.07, 6.45) is 4.84. The summed E-state index contributed by atoms with van der Waals surface area (Å²) in [5.41, 5.74) is 0. The first-order valence-corrected chi connectivity index (χ1v) is 6.46. The summed E-state index contributed by atoms with van der Waals surface area (Å²) in [6.45, 7) is 5.91. The number of piperazine rings is 1. The highest BCUT2D eigenvalue weighted by atomic mass is 16.2. The molecule has 1 saturated heterocycles. The molecule has 0 aromatic rings. The molecule has 2 aliphatic rings. The normalized spacial score (nSPS) is 31.8. The van der Waals surface area contributed by atoms with E-state index in [1.54, 1.807) is 0 Å². The van der Waals surface area contributed by atoms with Crippen molar-refractivity contribution in [3.63, 3.8) is 0 Å². The average Bonchev–Trinajstić information content (AvgIpc) is 2.68. The van der Waals surface area contributed by atoms with Crippen LogP contribution in [0, 0.1) is 0 Å². The smallest absolute Gasteiger partial charge is 0.317 e. The Hall–Kier alpha value is -0.770. The van der Waals surface area contributed by atoms with Crippen LogP contribution in [-0.2, 0) is 0 Å². The standard InChI is InChI=1S/C12H23N3O/c1-9-7-15(8-10(2)13-9)12(16)14-11-5-3-4-6-11/h9-11,13H,3-8H2,1-2H3,(H,14,16). The number of amides is 2. The second-order valence-electron chi connectivity index (χ2n) is 5.30. The summed E-state index contributed by atoms with van der Waals surface area (Å²) < 4.78 is 0. The number of urea groups is 1. The monoisotopic (exact) mass is 225 g/mol. The molecular weight excluding hydrogens is 202 g/mol. The summed E-state index contributed by atoms with van der Waals surface area (Å²) in [7, 11) is 0. The van der Waals surface area contributed by atoms with E-state index < -0.39 is 0 Å². The second kappa shape index (κ2) is 5.04. The van der Waals surface area contributed by atoms with E-state index >= 15 is 0 Å². The van der Waals surface area contributed by atoms with Crippen molar-refractivity contribution in [2.75, 3.05) is 13.1 Å². The molecule has 4 nitrogen and oxygen atoms in total. The van der Waals surface area contributed by atoms with E-state index in [-0.39, 0.29) is 6.03 Å². The molecule has 2 unspecified atom stereocenters. The maximum atomic E-state index is 12.0. The van der Waals surface area contributed by atoms with Gasteiger partial charge >= 0.3 is 6.03 Å². The molecule has 0 spiro atoms. The lowest BCUT2D eigenvalue weighted by Crippen LogP contribution is -2.58. The van der Waals surface area contributed by atoms with Crippen LogP contribution < -0.4 is 10.6 Å². The molecule has 92 valence electrons. The Labute approximate surface area is 97.8 Å². The molecular formula is C12H23N3O. The first kappa shape index (κ1) is 11.7. The molecule has 2 rings (SSSR count). The van der Waals surface area contributed by atoms with Gasteiger partial charge < -0.3 is 15.5 Å². The predicted molar refractivity (Wildman–Crippen MR) is 64.4 cm³/mol. The molecule has 0 bridgehead atoms. The van der Waals surface area contributed by atoms with Gasteiger partial charge in [0.05, 0.1) is 0 Å². The highest BCUT2D eigenvalue weighted by Gasteiger charge is 2.26. The maximum Gasteiger partial charge on any atom is 0.317 e. The van der Waals surface area contributed by atoms with Crippen LogP contribution in [0.4, 0.5) is 4.79 Å². The highest BCUT2D eigenvalue weighted by molar-refractivity contribution is 5.74. The van der Waals surface area contributed by atoms with Gasteiger partial charge in [0.2, 0.25) is 0 Å². The molecule has 2 N–H and O–H groups in total. The lowest BCUT2D eigenvalue weighted by atomic mass is 10.1. The minimum Gasteiger partial charge on any atom is -0.335 e. The Kier molecular flexibility index (Phi) is 3.69. The minimum atomic E-state index is 0.132. The average molecular weight is 225 g/mol. The van der Waals surface area contributed by atoms with E-state index in [2.05, 4.69) is 24.5 Å². The Balaban J connectivity index is 1.83. The number of hydrogen-bond acceptors (Lipinski definition) is 2. The zero-order chi connectivity index (χ0) is 11.5. The number of nitrogens with one attached hydrogen (secondary N) is 2. The first-order chi connectivity index (χ1) is 7.65. The van der Waals surface area contributed by atoms with Crippen LogP contribution in [0.15, 0.2) is 0 Å². The summed E-state index contributed by atoms with van der Waals surface area (Å²) in [4.78, 5) is 14.0. The van der Waals surface area contributed by atoms with Crippen molar-refractivity contribution < 1.29 is 4.79 Å². The fourth-order valence-corrected chi connectivity index (χ4v) is 2.83. The van der Waals surface area contributed by atoms with Crippen LogP contribution in [0.25, 0.3) is 0 Å². The molecule has 1 heterocycles. The first-order valence-electron chi connectivity index (χ1n) is 6.46. The fourth-order valence-electron chi connectivity index (χ4n) is 2.83. The Morgan fingerprint density at radius 1 is 1.19 bits per heavy atom. The van der Waals surface area contributed by atoms with Crippen LogP contribution in [0.2, 0.25) is 0 Å². The number of nitrogens with zero attached hydrogens (tertiary/aromatic N) is 1. The lowest BCUT2D eigenvalue weighted by molar-refractivity contribution is 0.161.